The van der Waals surface area contributed by atoms with Gasteiger partial charge in [-0.2, -0.15) is 0 Å². The van der Waals surface area contributed by atoms with Gasteiger partial charge in [-0.05, 0) is 67.9 Å². The summed E-state index contributed by atoms with van der Waals surface area (Å²) in [7, 11) is 0. The Morgan fingerprint density at radius 2 is 1.87 bits per heavy atom. The topological polar surface area (TPSA) is 109 Å². The zero-order chi connectivity index (χ0) is 26.1. The van der Waals surface area contributed by atoms with E-state index >= 15 is 0 Å². The van der Waals surface area contributed by atoms with Crippen LogP contribution in [0, 0.1) is 11.8 Å². The van der Waals surface area contributed by atoms with Gasteiger partial charge in [-0.3, -0.25) is 4.79 Å². The maximum absolute atomic E-state index is 12.8. The molecule has 0 aliphatic heterocycles. The third-order valence-electron chi connectivity index (χ3n) is 8.28. The van der Waals surface area contributed by atoms with Gasteiger partial charge in [-0.15, -0.1) is 0 Å². The van der Waals surface area contributed by atoms with Crippen LogP contribution in [0.15, 0.2) is 60.9 Å². The summed E-state index contributed by atoms with van der Waals surface area (Å²) in [4.78, 5) is 25.6. The molecule has 2 aliphatic carbocycles. The molecule has 5 N–H and O–H groups in total. The summed E-state index contributed by atoms with van der Waals surface area (Å²) in [6, 6.07) is 15.2. The number of rotatable bonds is 7. The molecule has 2 fully saturated rings. The smallest absolute Gasteiger partial charge is 0.251 e. The Bertz CT molecular complexity index is 1440. The van der Waals surface area contributed by atoms with E-state index in [0.29, 0.717) is 46.3 Å². The molecule has 0 saturated heterocycles. The summed E-state index contributed by atoms with van der Waals surface area (Å²) in [6.07, 6.45) is 11.7. The first-order valence-corrected chi connectivity index (χ1v) is 13.9. The molecule has 196 valence electrons. The van der Waals surface area contributed by atoms with Gasteiger partial charge < -0.3 is 21.4 Å². The molecule has 4 aromatic rings. The van der Waals surface area contributed by atoms with Crippen LogP contribution in [-0.4, -0.2) is 32.9 Å². The van der Waals surface area contributed by atoms with E-state index in [0.717, 1.165) is 35.7 Å². The van der Waals surface area contributed by atoms with Gasteiger partial charge in [-0.1, -0.05) is 49.1 Å². The number of fused-ring (bicyclic) bond motifs is 3. The van der Waals surface area contributed by atoms with Crippen LogP contribution in [0.2, 0.25) is 5.02 Å². The van der Waals surface area contributed by atoms with E-state index in [1.54, 1.807) is 30.5 Å². The third-order valence-corrected chi connectivity index (χ3v) is 8.55. The molecular formula is C30H33ClN6O. The number of carbonyl (C=O) groups excluding carboxylic acids is 1. The average Bonchev–Trinajstić information content (AvgIpc) is 3.34. The van der Waals surface area contributed by atoms with Crippen LogP contribution in [0.4, 0.5) is 11.6 Å². The first-order chi connectivity index (χ1) is 18.5. The lowest BCUT2D eigenvalue weighted by atomic mass is 9.63. The number of nitrogens with one attached hydrogen (secondary N) is 3. The molecule has 0 spiro atoms. The summed E-state index contributed by atoms with van der Waals surface area (Å²) in [5, 5.41) is 8.48. The van der Waals surface area contributed by atoms with Crippen molar-refractivity contribution in [1.82, 2.24) is 20.3 Å². The van der Waals surface area contributed by atoms with Crippen molar-refractivity contribution in [2.45, 2.75) is 50.5 Å². The van der Waals surface area contributed by atoms with E-state index in [9.17, 15) is 4.79 Å². The molecule has 6 rings (SSSR count). The number of para-hydroxylation sites is 1. The number of H-pyrrole nitrogens is 1. The van der Waals surface area contributed by atoms with Crippen molar-refractivity contribution in [1.29, 1.82) is 0 Å². The average molecular weight is 529 g/mol. The highest BCUT2D eigenvalue weighted by Crippen LogP contribution is 2.47. The highest BCUT2D eigenvalue weighted by Gasteiger charge is 2.42. The quantitative estimate of drug-likeness (QED) is 0.207. The van der Waals surface area contributed by atoms with Gasteiger partial charge in [-0.25, -0.2) is 9.97 Å². The standard InChI is InChI=1S/C30H33ClN6O/c31-25-18-35-29(36-27(25)24-17-34-26-7-2-1-6-23(24)26)37-30(15-19-4-3-5-20(14-19)16-30)12-13-33-28(38)21-8-10-22(32)11-9-21/h1-2,6-11,17-20,34H,3-5,12-16,32H2,(H,33,38)(H,35,36,37). The normalized spacial score (nSPS) is 22.8. The number of nitrogens with two attached hydrogens (primary N) is 1. The Morgan fingerprint density at radius 1 is 1.11 bits per heavy atom. The molecule has 2 aromatic carbocycles. The zero-order valence-electron chi connectivity index (χ0n) is 21.3. The second kappa shape index (κ2) is 10.3. The molecule has 8 heteroatoms. The lowest BCUT2D eigenvalue weighted by molar-refractivity contribution is 0.0935. The van der Waals surface area contributed by atoms with Gasteiger partial charge >= 0.3 is 0 Å². The lowest BCUT2D eigenvalue weighted by Crippen LogP contribution is -2.49. The van der Waals surface area contributed by atoms with Crippen LogP contribution in [0.5, 0.6) is 0 Å². The van der Waals surface area contributed by atoms with E-state index < -0.39 is 0 Å². The molecule has 2 unspecified atom stereocenters. The molecule has 1 amide bonds. The van der Waals surface area contributed by atoms with Crippen molar-refractivity contribution in [2.24, 2.45) is 11.8 Å². The minimum absolute atomic E-state index is 0.0829. The fraction of sp³-hybridized carbons (Fsp3) is 0.367. The molecule has 7 nitrogen and oxygen atoms in total. The van der Waals surface area contributed by atoms with Crippen LogP contribution in [-0.2, 0) is 0 Å². The van der Waals surface area contributed by atoms with Crippen LogP contribution in [0.25, 0.3) is 22.2 Å². The van der Waals surface area contributed by atoms with Gasteiger partial charge in [0.15, 0.2) is 0 Å². The van der Waals surface area contributed by atoms with Gasteiger partial charge in [0.25, 0.3) is 5.91 Å². The van der Waals surface area contributed by atoms with E-state index in [2.05, 4.69) is 26.7 Å². The van der Waals surface area contributed by atoms with Crippen molar-refractivity contribution in [3.8, 4) is 11.3 Å². The van der Waals surface area contributed by atoms with E-state index in [4.69, 9.17) is 22.3 Å². The number of nitrogens with zero attached hydrogens (tertiary/aromatic N) is 2. The fourth-order valence-corrected chi connectivity index (χ4v) is 6.80. The number of anilines is 2. The molecule has 2 heterocycles. The van der Waals surface area contributed by atoms with Gasteiger partial charge in [0.1, 0.15) is 0 Å². The molecule has 2 saturated carbocycles. The molecule has 2 aromatic heterocycles. The highest BCUT2D eigenvalue weighted by molar-refractivity contribution is 6.33. The summed E-state index contributed by atoms with van der Waals surface area (Å²) < 4.78 is 0. The summed E-state index contributed by atoms with van der Waals surface area (Å²) in [5.74, 6) is 1.87. The Balaban J connectivity index is 1.25. The van der Waals surface area contributed by atoms with E-state index in [1.165, 1.54) is 25.7 Å². The van der Waals surface area contributed by atoms with Crippen molar-refractivity contribution in [3.63, 3.8) is 0 Å². The minimum atomic E-state index is -0.187. The van der Waals surface area contributed by atoms with Gasteiger partial charge in [0, 0.05) is 46.0 Å². The first-order valence-electron chi connectivity index (χ1n) is 13.5. The monoisotopic (exact) mass is 528 g/mol. The number of carbonyl (C=O) groups is 1. The van der Waals surface area contributed by atoms with Crippen LogP contribution in [0.3, 0.4) is 0 Å². The van der Waals surface area contributed by atoms with E-state index in [-0.39, 0.29) is 11.4 Å². The van der Waals surface area contributed by atoms with Gasteiger partial charge in [0.05, 0.1) is 16.9 Å². The molecule has 2 atom stereocenters. The molecule has 38 heavy (non-hydrogen) atoms. The van der Waals surface area contributed by atoms with Crippen LogP contribution in [0.1, 0.15) is 55.3 Å². The zero-order valence-corrected chi connectivity index (χ0v) is 22.1. The summed E-state index contributed by atoms with van der Waals surface area (Å²) >= 11 is 6.61. The highest BCUT2D eigenvalue weighted by atomic mass is 35.5. The second-order valence-corrected chi connectivity index (χ2v) is 11.4. The van der Waals surface area contributed by atoms with Crippen LogP contribution < -0.4 is 16.4 Å². The number of amides is 1. The molecular weight excluding hydrogens is 496 g/mol. The van der Waals surface area contributed by atoms with Crippen molar-refractivity contribution in [3.05, 3.63) is 71.5 Å². The Morgan fingerprint density at radius 3 is 2.66 bits per heavy atom. The molecule has 2 aliphatic rings. The van der Waals surface area contributed by atoms with E-state index in [1.807, 2.05) is 24.4 Å². The largest absolute Gasteiger partial charge is 0.399 e. The first kappa shape index (κ1) is 24.7. The number of nitrogen functional groups attached to an aromatic ring is 1. The third kappa shape index (κ3) is 5.07. The van der Waals surface area contributed by atoms with Crippen LogP contribution >= 0.6 is 11.6 Å². The number of halogens is 1. The summed E-state index contributed by atoms with van der Waals surface area (Å²) in [6.45, 7) is 0.568. The Kier molecular flexibility index (Phi) is 6.70. The second-order valence-electron chi connectivity index (χ2n) is 11.0. The summed E-state index contributed by atoms with van der Waals surface area (Å²) in [5.41, 5.74) is 9.57. The fourth-order valence-electron chi connectivity index (χ4n) is 6.60. The number of benzene rings is 2. The maximum atomic E-state index is 12.8. The Labute approximate surface area is 227 Å². The number of aromatic amines is 1. The molecule has 0 radical (unpaired) electrons. The predicted molar refractivity (Wildman–Crippen MR) is 153 cm³/mol. The maximum Gasteiger partial charge on any atom is 0.251 e. The van der Waals surface area contributed by atoms with Crippen molar-refractivity contribution in [2.75, 3.05) is 17.6 Å². The number of hydrogen-bond donors (Lipinski definition) is 4. The van der Waals surface area contributed by atoms with Gasteiger partial charge in [0.2, 0.25) is 5.95 Å². The molecule has 2 bridgehead atoms. The van der Waals surface area contributed by atoms with Crippen molar-refractivity contribution < 1.29 is 4.79 Å². The Hall–Kier alpha value is -3.58. The number of aromatic nitrogens is 3. The predicted octanol–water partition coefficient (Wildman–Crippen LogP) is 6.43. The lowest BCUT2D eigenvalue weighted by Gasteiger charge is -2.48. The SMILES string of the molecule is Nc1ccc(C(=O)NCCC2(Nc3ncc(Cl)c(-c4c[nH]c5ccccc45)n3)CC3CCCC(C3)C2)cc1. The van der Waals surface area contributed by atoms with Crippen molar-refractivity contribution >= 4 is 40.0 Å². The minimum Gasteiger partial charge on any atom is -0.399 e. The number of hydrogen-bond acceptors (Lipinski definition) is 5.